The van der Waals surface area contributed by atoms with E-state index in [9.17, 15) is 9.50 Å². The van der Waals surface area contributed by atoms with E-state index >= 15 is 0 Å². The lowest BCUT2D eigenvalue weighted by Crippen LogP contribution is -2.13. The van der Waals surface area contributed by atoms with Crippen molar-refractivity contribution in [1.82, 2.24) is 10.3 Å². The third-order valence-corrected chi connectivity index (χ3v) is 2.57. The first-order chi connectivity index (χ1) is 8.63. The maximum atomic E-state index is 13.0. The summed E-state index contributed by atoms with van der Waals surface area (Å²) < 4.78 is 13.0. The summed E-state index contributed by atoms with van der Waals surface area (Å²) in [6, 6.07) is 7.99. The second-order valence-corrected chi connectivity index (χ2v) is 4.23. The van der Waals surface area contributed by atoms with Gasteiger partial charge in [0.15, 0.2) is 0 Å². The van der Waals surface area contributed by atoms with E-state index in [-0.39, 0.29) is 5.75 Å². The van der Waals surface area contributed by atoms with E-state index in [1.807, 2.05) is 25.3 Å². The lowest BCUT2D eigenvalue weighted by Gasteiger charge is -2.06. The average molecular weight is 246 g/mol. The maximum absolute atomic E-state index is 13.0. The summed E-state index contributed by atoms with van der Waals surface area (Å²) in [5.74, 6) is -0.479. The molecule has 0 spiro atoms. The van der Waals surface area contributed by atoms with Crippen LogP contribution in [-0.2, 0) is 13.1 Å². The number of phenolic OH excluding ortho intramolecular Hbond substituents is 1. The van der Waals surface area contributed by atoms with Crippen LogP contribution >= 0.6 is 0 Å². The second-order valence-electron chi connectivity index (χ2n) is 4.23. The molecule has 0 fully saturated rings. The van der Waals surface area contributed by atoms with Crippen LogP contribution in [0.4, 0.5) is 4.39 Å². The molecule has 0 bridgehead atoms. The molecule has 2 N–H and O–H groups in total. The Bertz CT molecular complexity index is 506. The van der Waals surface area contributed by atoms with Crippen molar-refractivity contribution in [3.05, 3.63) is 59.2 Å². The molecule has 0 aliphatic rings. The Morgan fingerprint density at radius 2 is 1.94 bits per heavy atom. The van der Waals surface area contributed by atoms with Gasteiger partial charge in [0.25, 0.3) is 0 Å². The van der Waals surface area contributed by atoms with Crippen molar-refractivity contribution in [3.8, 4) is 5.75 Å². The van der Waals surface area contributed by atoms with Gasteiger partial charge in [-0.05, 0) is 36.2 Å². The number of phenols is 1. The summed E-state index contributed by atoms with van der Waals surface area (Å²) in [6.07, 6.45) is 1.81. The molecule has 0 unspecified atom stereocenters. The van der Waals surface area contributed by atoms with Crippen molar-refractivity contribution in [2.45, 2.75) is 20.0 Å². The van der Waals surface area contributed by atoms with Crippen LogP contribution in [0.3, 0.4) is 0 Å². The van der Waals surface area contributed by atoms with E-state index in [1.165, 1.54) is 6.07 Å². The molecular formula is C14H15FN2O. The zero-order valence-electron chi connectivity index (χ0n) is 10.2. The van der Waals surface area contributed by atoms with Gasteiger partial charge in [-0.2, -0.15) is 0 Å². The Balaban J connectivity index is 1.90. The Kier molecular flexibility index (Phi) is 3.89. The number of nitrogens with zero attached hydrogens (tertiary/aromatic N) is 1. The topological polar surface area (TPSA) is 45.1 Å². The Labute approximate surface area is 105 Å². The summed E-state index contributed by atoms with van der Waals surface area (Å²) in [5.41, 5.74) is 2.77. The van der Waals surface area contributed by atoms with Gasteiger partial charge in [0, 0.05) is 31.0 Å². The smallest absolute Gasteiger partial charge is 0.127 e. The van der Waals surface area contributed by atoms with Gasteiger partial charge in [-0.25, -0.2) is 4.39 Å². The van der Waals surface area contributed by atoms with Crippen molar-refractivity contribution in [1.29, 1.82) is 0 Å². The molecule has 4 heteroatoms. The average Bonchev–Trinajstić information content (AvgIpc) is 2.30. The SMILES string of the molecule is Cc1ccc(CNCc2cc(O)cc(F)c2)cn1. The Morgan fingerprint density at radius 1 is 1.17 bits per heavy atom. The molecule has 1 heterocycles. The minimum atomic E-state index is -0.427. The van der Waals surface area contributed by atoms with Crippen LogP contribution in [0.15, 0.2) is 36.5 Å². The molecule has 3 nitrogen and oxygen atoms in total. The second kappa shape index (κ2) is 5.60. The predicted octanol–water partition coefficient (Wildman–Crippen LogP) is 2.52. The number of rotatable bonds is 4. The fourth-order valence-electron chi connectivity index (χ4n) is 1.69. The molecule has 2 aromatic rings. The minimum absolute atomic E-state index is 0.0520. The highest BCUT2D eigenvalue weighted by Crippen LogP contribution is 2.14. The number of aromatic hydroxyl groups is 1. The zero-order chi connectivity index (χ0) is 13.0. The van der Waals surface area contributed by atoms with Gasteiger partial charge in [-0.3, -0.25) is 4.98 Å². The normalized spacial score (nSPS) is 10.6. The third-order valence-electron chi connectivity index (χ3n) is 2.57. The van der Waals surface area contributed by atoms with E-state index in [1.54, 1.807) is 6.07 Å². The molecule has 2 rings (SSSR count). The highest BCUT2D eigenvalue weighted by molar-refractivity contribution is 5.28. The number of hydrogen-bond acceptors (Lipinski definition) is 3. The minimum Gasteiger partial charge on any atom is -0.508 e. The first kappa shape index (κ1) is 12.5. The molecule has 0 aliphatic heterocycles. The van der Waals surface area contributed by atoms with Gasteiger partial charge in [0.05, 0.1) is 0 Å². The van der Waals surface area contributed by atoms with E-state index < -0.39 is 5.82 Å². The Hall–Kier alpha value is -1.94. The summed E-state index contributed by atoms with van der Waals surface area (Å²) in [5, 5.41) is 12.4. The van der Waals surface area contributed by atoms with Gasteiger partial charge in [-0.1, -0.05) is 6.07 Å². The third kappa shape index (κ3) is 3.53. The number of halogens is 1. The van der Waals surface area contributed by atoms with Gasteiger partial charge >= 0.3 is 0 Å². The molecular weight excluding hydrogens is 231 g/mol. The summed E-state index contributed by atoms with van der Waals surface area (Å²) in [7, 11) is 0. The maximum Gasteiger partial charge on any atom is 0.127 e. The first-order valence-corrected chi connectivity index (χ1v) is 5.74. The fourth-order valence-corrected chi connectivity index (χ4v) is 1.69. The van der Waals surface area contributed by atoms with Crippen molar-refractivity contribution < 1.29 is 9.50 Å². The largest absolute Gasteiger partial charge is 0.508 e. The fraction of sp³-hybridized carbons (Fsp3) is 0.214. The van der Waals surface area contributed by atoms with Crippen LogP contribution < -0.4 is 5.32 Å². The Morgan fingerprint density at radius 3 is 2.61 bits per heavy atom. The molecule has 0 saturated carbocycles. The quantitative estimate of drug-likeness (QED) is 0.871. The lowest BCUT2D eigenvalue weighted by atomic mass is 10.2. The highest BCUT2D eigenvalue weighted by Gasteiger charge is 2.00. The van der Waals surface area contributed by atoms with Gasteiger partial charge in [-0.15, -0.1) is 0 Å². The molecule has 1 aromatic carbocycles. The predicted molar refractivity (Wildman–Crippen MR) is 67.6 cm³/mol. The molecule has 0 atom stereocenters. The van der Waals surface area contributed by atoms with Crippen LogP contribution in [-0.4, -0.2) is 10.1 Å². The van der Waals surface area contributed by atoms with E-state index in [0.717, 1.165) is 17.3 Å². The summed E-state index contributed by atoms with van der Waals surface area (Å²) >= 11 is 0. The van der Waals surface area contributed by atoms with Crippen molar-refractivity contribution in [3.63, 3.8) is 0 Å². The molecule has 0 saturated heterocycles. The molecule has 0 amide bonds. The van der Waals surface area contributed by atoms with E-state index in [2.05, 4.69) is 10.3 Å². The molecule has 0 aliphatic carbocycles. The van der Waals surface area contributed by atoms with Crippen LogP contribution in [0.25, 0.3) is 0 Å². The lowest BCUT2D eigenvalue weighted by molar-refractivity contribution is 0.467. The molecule has 94 valence electrons. The molecule has 18 heavy (non-hydrogen) atoms. The first-order valence-electron chi connectivity index (χ1n) is 5.74. The number of benzene rings is 1. The molecule has 0 radical (unpaired) electrons. The zero-order valence-corrected chi connectivity index (χ0v) is 10.2. The monoisotopic (exact) mass is 246 g/mol. The van der Waals surface area contributed by atoms with Crippen LogP contribution in [0.2, 0.25) is 0 Å². The van der Waals surface area contributed by atoms with Crippen LogP contribution in [0.1, 0.15) is 16.8 Å². The van der Waals surface area contributed by atoms with E-state index in [4.69, 9.17) is 0 Å². The number of hydrogen-bond donors (Lipinski definition) is 2. The highest BCUT2D eigenvalue weighted by atomic mass is 19.1. The number of nitrogens with one attached hydrogen (secondary N) is 1. The van der Waals surface area contributed by atoms with Crippen molar-refractivity contribution >= 4 is 0 Å². The number of pyridine rings is 1. The van der Waals surface area contributed by atoms with Gasteiger partial charge in [0.1, 0.15) is 11.6 Å². The summed E-state index contributed by atoms with van der Waals surface area (Å²) in [6.45, 7) is 3.09. The summed E-state index contributed by atoms with van der Waals surface area (Å²) in [4.78, 5) is 4.19. The number of aryl methyl sites for hydroxylation is 1. The molecule has 1 aromatic heterocycles. The van der Waals surface area contributed by atoms with Crippen molar-refractivity contribution in [2.24, 2.45) is 0 Å². The number of aromatic nitrogens is 1. The van der Waals surface area contributed by atoms with Crippen LogP contribution in [0.5, 0.6) is 5.75 Å². The standard InChI is InChI=1S/C14H15FN2O/c1-10-2-3-11(9-17-10)7-16-8-12-4-13(15)6-14(18)5-12/h2-6,9,16,18H,7-8H2,1H3. The van der Waals surface area contributed by atoms with Gasteiger partial charge < -0.3 is 10.4 Å². The van der Waals surface area contributed by atoms with Crippen LogP contribution in [0, 0.1) is 12.7 Å². The van der Waals surface area contributed by atoms with Gasteiger partial charge in [0.2, 0.25) is 0 Å². The van der Waals surface area contributed by atoms with E-state index in [0.29, 0.717) is 18.7 Å². The van der Waals surface area contributed by atoms with Crippen molar-refractivity contribution in [2.75, 3.05) is 0 Å².